The number of hydrogen-bond acceptors (Lipinski definition) is 1. The molecule has 0 spiro atoms. The smallest absolute Gasteiger partial charge is 0.188 e. The van der Waals surface area contributed by atoms with Crippen LogP contribution < -0.4 is 4.74 Å². The third-order valence-electron chi connectivity index (χ3n) is 8.64. The number of nitrogens with zero attached hydrogens (tertiary/aromatic N) is 2. The average molecular weight is 527 g/mol. The van der Waals surface area contributed by atoms with Crippen LogP contribution in [0.1, 0.15) is 25.0 Å². The van der Waals surface area contributed by atoms with Gasteiger partial charge in [0, 0.05) is 27.6 Å². The summed E-state index contributed by atoms with van der Waals surface area (Å²) < 4.78 is 8.62. The molecule has 7 aromatic rings. The first-order valence-corrected chi connectivity index (χ1v) is 13.9. The zero-order chi connectivity index (χ0) is 27.7. The second kappa shape index (κ2) is 8.58. The van der Waals surface area contributed by atoms with Gasteiger partial charge in [-0.05, 0) is 81.9 Å². The van der Waals surface area contributed by atoms with Gasteiger partial charge in [-0.3, -0.25) is 0 Å². The summed E-state index contributed by atoms with van der Waals surface area (Å²) in [5.74, 6) is 1.84. The molecular weight excluding hydrogens is 500 g/mol. The van der Waals surface area contributed by atoms with E-state index in [9.17, 15) is 0 Å². The zero-order valence-corrected chi connectivity index (χ0v) is 22.8. The average Bonchev–Trinajstić information content (AvgIpc) is 3.33. The van der Waals surface area contributed by atoms with Crippen LogP contribution in [-0.4, -0.2) is 4.57 Å². The maximum atomic E-state index is 7.65. The first kappa shape index (κ1) is 23.5. The number of ether oxygens (including phenoxy) is 1. The Morgan fingerprint density at radius 3 is 2.15 bits per heavy atom. The maximum absolute atomic E-state index is 7.65. The summed E-state index contributed by atoms with van der Waals surface area (Å²) >= 11 is 0. The Kier molecular flexibility index (Phi) is 4.93. The van der Waals surface area contributed by atoms with E-state index < -0.39 is 0 Å². The fourth-order valence-electron chi connectivity index (χ4n) is 6.48. The van der Waals surface area contributed by atoms with Gasteiger partial charge in [0.1, 0.15) is 11.5 Å². The predicted octanol–water partition coefficient (Wildman–Crippen LogP) is 10.6. The fraction of sp³-hybridized carbons (Fsp3) is 0.0789. The fourth-order valence-corrected chi connectivity index (χ4v) is 6.48. The van der Waals surface area contributed by atoms with Crippen LogP contribution in [0.3, 0.4) is 0 Å². The van der Waals surface area contributed by atoms with Crippen molar-refractivity contribution < 1.29 is 4.74 Å². The minimum Gasteiger partial charge on any atom is -0.457 e. The van der Waals surface area contributed by atoms with Gasteiger partial charge in [-0.15, -0.1) is 0 Å². The molecule has 0 amide bonds. The minimum absolute atomic E-state index is 0.180. The van der Waals surface area contributed by atoms with Gasteiger partial charge >= 0.3 is 0 Å². The van der Waals surface area contributed by atoms with E-state index in [4.69, 9.17) is 11.3 Å². The topological polar surface area (TPSA) is 18.5 Å². The van der Waals surface area contributed by atoms with Crippen molar-refractivity contribution in [3.05, 3.63) is 144 Å². The number of rotatable bonds is 2. The van der Waals surface area contributed by atoms with E-state index in [0.717, 1.165) is 50.1 Å². The van der Waals surface area contributed by atoms with Crippen molar-refractivity contribution in [1.29, 1.82) is 0 Å². The highest BCUT2D eigenvalue weighted by Gasteiger charge is 2.34. The standard InChI is InChI=1S/C38H26N2O/c1-38(2)32-10-6-7-11-36(32)41-37-19-14-27(22-33(37)38)26-13-17-34-30(21-26)31-23-28(39-3)15-18-35(31)40(34)29-16-12-24-8-4-5-9-25(24)20-29/h4-23H,1-2H3. The molecule has 3 nitrogen and oxygen atoms in total. The molecule has 0 atom stereocenters. The summed E-state index contributed by atoms with van der Waals surface area (Å²) in [4.78, 5) is 3.74. The number of hydrogen-bond donors (Lipinski definition) is 0. The van der Waals surface area contributed by atoms with E-state index in [1.54, 1.807) is 0 Å². The van der Waals surface area contributed by atoms with Crippen LogP contribution >= 0.6 is 0 Å². The number of fused-ring (bicyclic) bond motifs is 6. The van der Waals surface area contributed by atoms with Gasteiger partial charge in [0.2, 0.25) is 0 Å². The molecule has 0 bridgehead atoms. The molecule has 0 fully saturated rings. The summed E-state index contributed by atoms with van der Waals surface area (Å²) in [5, 5.41) is 4.64. The SMILES string of the molecule is [C-]#[N+]c1ccc2c(c1)c1cc(-c3ccc4c(c3)C(C)(C)c3ccccc3O4)ccc1n2-c1ccc2ccccc2c1. The zero-order valence-electron chi connectivity index (χ0n) is 22.8. The lowest BCUT2D eigenvalue weighted by atomic mass is 9.75. The van der Waals surface area contributed by atoms with Crippen LogP contribution in [0.4, 0.5) is 5.69 Å². The summed E-state index contributed by atoms with van der Waals surface area (Å²) in [7, 11) is 0. The van der Waals surface area contributed by atoms with E-state index in [1.807, 2.05) is 24.3 Å². The predicted molar refractivity (Wildman–Crippen MR) is 169 cm³/mol. The quantitative estimate of drug-likeness (QED) is 0.205. The molecule has 1 aromatic heterocycles. The van der Waals surface area contributed by atoms with Crippen LogP contribution in [0.25, 0.3) is 54.2 Å². The van der Waals surface area contributed by atoms with E-state index in [-0.39, 0.29) is 5.41 Å². The molecule has 8 rings (SSSR count). The van der Waals surface area contributed by atoms with Crippen LogP contribution in [0.5, 0.6) is 11.5 Å². The summed E-state index contributed by atoms with van der Waals surface area (Å²) in [6.07, 6.45) is 0. The third-order valence-corrected chi connectivity index (χ3v) is 8.64. The van der Waals surface area contributed by atoms with Crippen molar-refractivity contribution in [3.63, 3.8) is 0 Å². The molecule has 0 N–H and O–H groups in total. The first-order valence-electron chi connectivity index (χ1n) is 13.9. The van der Waals surface area contributed by atoms with Crippen molar-refractivity contribution in [2.75, 3.05) is 0 Å². The monoisotopic (exact) mass is 526 g/mol. The molecule has 0 saturated heterocycles. The molecule has 2 heterocycles. The van der Waals surface area contributed by atoms with E-state index in [2.05, 4.69) is 120 Å². The molecule has 41 heavy (non-hydrogen) atoms. The van der Waals surface area contributed by atoms with Crippen LogP contribution in [-0.2, 0) is 5.41 Å². The molecule has 0 radical (unpaired) electrons. The van der Waals surface area contributed by atoms with E-state index in [0.29, 0.717) is 5.69 Å². The van der Waals surface area contributed by atoms with E-state index in [1.165, 1.54) is 21.9 Å². The molecule has 3 heteroatoms. The maximum Gasteiger partial charge on any atom is 0.188 e. The van der Waals surface area contributed by atoms with Gasteiger partial charge < -0.3 is 9.30 Å². The second-order valence-electron chi connectivity index (χ2n) is 11.3. The second-order valence-corrected chi connectivity index (χ2v) is 11.3. The lowest BCUT2D eigenvalue weighted by Crippen LogP contribution is -2.24. The van der Waals surface area contributed by atoms with Gasteiger partial charge in [-0.1, -0.05) is 80.6 Å². The largest absolute Gasteiger partial charge is 0.457 e. The molecule has 0 aliphatic carbocycles. The third kappa shape index (κ3) is 3.51. The number of para-hydroxylation sites is 1. The first-order chi connectivity index (χ1) is 20.0. The van der Waals surface area contributed by atoms with Crippen molar-refractivity contribution >= 4 is 38.3 Å². The Morgan fingerprint density at radius 1 is 0.610 bits per heavy atom. The lowest BCUT2D eigenvalue weighted by Gasteiger charge is -2.34. The van der Waals surface area contributed by atoms with Gasteiger partial charge in [-0.25, -0.2) is 4.85 Å². The van der Waals surface area contributed by atoms with Gasteiger partial charge in [0.15, 0.2) is 5.69 Å². The highest BCUT2D eigenvalue weighted by Crippen LogP contribution is 2.49. The van der Waals surface area contributed by atoms with E-state index >= 15 is 0 Å². The summed E-state index contributed by atoms with van der Waals surface area (Å²) in [6.45, 7) is 12.2. The Hall–Kier alpha value is -5.33. The van der Waals surface area contributed by atoms with Crippen LogP contribution in [0.15, 0.2) is 121 Å². The summed E-state index contributed by atoms with van der Waals surface area (Å²) in [6, 6.07) is 42.6. The normalized spacial score (nSPS) is 13.5. The Morgan fingerprint density at radius 2 is 1.29 bits per heavy atom. The van der Waals surface area contributed by atoms with Gasteiger partial charge in [-0.2, -0.15) is 0 Å². The molecule has 0 unspecified atom stereocenters. The van der Waals surface area contributed by atoms with Crippen molar-refractivity contribution in [1.82, 2.24) is 4.57 Å². The lowest BCUT2D eigenvalue weighted by molar-refractivity contribution is 0.418. The minimum atomic E-state index is -0.180. The molecule has 0 saturated carbocycles. The molecule has 1 aliphatic heterocycles. The van der Waals surface area contributed by atoms with Crippen LogP contribution in [0.2, 0.25) is 0 Å². The summed E-state index contributed by atoms with van der Waals surface area (Å²) in [5.41, 5.74) is 8.46. The van der Waals surface area contributed by atoms with Gasteiger partial charge in [0.05, 0.1) is 17.6 Å². The molecule has 6 aromatic carbocycles. The Bertz CT molecular complexity index is 2230. The molecular formula is C38H26N2O. The highest BCUT2D eigenvalue weighted by atomic mass is 16.5. The van der Waals surface area contributed by atoms with Crippen molar-refractivity contribution in [2.24, 2.45) is 0 Å². The molecule has 1 aliphatic rings. The Balaban J connectivity index is 1.33. The molecule has 194 valence electrons. The van der Waals surface area contributed by atoms with Crippen molar-refractivity contribution in [3.8, 4) is 28.3 Å². The van der Waals surface area contributed by atoms with Gasteiger partial charge in [0.25, 0.3) is 0 Å². The van der Waals surface area contributed by atoms with Crippen molar-refractivity contribution in [2.45, 2.75) is 19.3 Å². The van der Waals surface area contributed by atoms with Crippen LogP contribution in [0, 0.1) is 6.57 Å². The number of benzene rings is 6. The number of aromatic nitrogens is 1. The Labute approximate surface area is 238 Å². The highest BCUT2D eigenvalue weighted by molar-refractivity contribution is 6.11.